The van der Waals surface area contributed by atoms with Crippen molar-refractivity contribution in [2.45, 2.75) is 39.2 Å². The minimum atomic E-state index is -0.729. The number of hydrogen-bond acceptors (Lipinski definition) is 4. The zero-order valence-electron chi connectivity index (χ0n) is 12.0. The van der Waals surface area contributed by atoms with E-state index in [2.05, 4.69) is 5.32 Å². The lowest BCUT2D eigenvalue weighted by molar-refractivity contribution is 0.0206. The molecule has 0 aromatic heterocycles. The molecule has 0 radical (unpaired) electrons. The van der Waals surface area contributed by atoms with Gasteiger partial charge in [0, 0.05) is 12.6 Å². The molecule has 1 N–H and O–H groups in total. The normalized spacial score (nSPS) is 14.8. The van der Waals surface area contributed by atoms with Crippen LogP contribution in [0.2, 0.25) is 5.02 Å². The fourth-order valence-electron chi connectivity index (χ4n) is 1.65. The fraction of sp³-hybridized carbons (Fsp3) is 0.533. The summed E-state index contributed by atoms with van der Waals surface area (Å²) >= 11 is 6.16. The van der Waals surface area contributed by atoms with Crippen molar-refractivity contribution in [1.82, 2.24) is 0 Å². The van der Waals surface area contributed by atoms with Crippen molar-refractivity contribution in [2.24, 2.45) is 5.92 Å². The third-order valence-electron chi connectivity index (χ3n) is 2.81. The minimum Gasteiger partial charge on any atom is -0.428 e. The summed E-state index contributed by atoms with van der Waals surface area (Å²) in [6.07, 6.45) is 1.84. The van der Waals surface area contributed by atoms with Crippen molar-refractivity contribution in [3.8, 4) is 5.75 Å². The van der Waals surface area contributed by atoms with Gasteiger partial charge >= 0.3 is 6.16 Å². The molecule has 5 heteroatoms. The Kier molecular flexibility index (Phi) is 4.43. The summed E-state index contributed by atoms with van der Waals surface area (Å²) in [6, 6.07) is 5.12. The van der Waals surface area contributed by atoms with Crippen molar-refractivity contribution >= 4 is 23.4 Å². The smallest absolute Gasteiger partial charge is 0.428 e. The molecule has 4 nitrogen and oxygen atoms in total. The molecule has 0 aliphatic heterocycles. The van der Waals surface area contributed by atoms with Crippen molar-refractivity contribution < 1.29 is 14.3 Å². The van der Waals surface area contributed by atoms with E-state index in [1.54, 1.807) is 32.9 Å². The van der Waals surface area contributed by atoms with Crippen LogP contribution < -0.4 is 10.1 Å². The van der Waals surface area contributed by atoms with Gasteiger partial charge in [0.2, 0.25) is 0 Å². The number of rotatable bonds is 4. The van der Waals surface area contributed by atoms with Crippen LogP contribution in [0.3, 0.4) is 0 Å². The Morgan fingerprint density at radius 3 is 2.65 bits per heavy atom. The van der Waals surface area contributed by atoms with Crippen LogP contribution in [0.4, 0.5) is 10.5 Å². The second-order valence-corrected chi connectivity index (χ2v) is 6.44. The Labute approximate surface area is 124 Å². The molecule has 110 valence electrons. The molecule has 1 aromatic rings. The number of benzene rings is 1. The van der Waals surface area contributed by atoms with Gasteiger partial charge in [-0.05, 0) is 51.7 Å². The third kappa shape index (κ3) is 4.93. The summed E-state index contributed by atoms with van der Waals surface area (Å²) in [5.41, 5.74) is 0.280. The topological polar surface area (TPSA) is 47.6 Å². The molecule has 1 saturated carbocycles. The van der Waals surface area contributed by atoms with Crippen LogP contribution in [0.25, 0.3) is 0 Å². The molecule has 20 heavy (non-hydrogen) atoms. The minimum absolute atomic E-state index is 0.376. The fourth-order valence-corrected chi connectivity index (χ4v) is 1.88. The molecule has 0 heterocycles. The zero-order chi connectivity index (χ0) is 14.8. The quantitative estimate of drug-likeness (QED) is 0.657. The second-order valence-electron chi connectivity index (χ2n) is 6.03. The van der Waals surface area contributed by atoms with Crippen molar-refractivity contribution in [3.63, 3.8) is 0 Å². The molecule has 0 saturated heterocycles. The highest BCUT2D eigenvalue weighted by Crippen LogP contribution is 2.31. The molecule has 1 aliphatic carbocycles. The molecule has 0 bridgehead atoms. The van der Waals surface area contributed by atoms with Gasteiger partial charge in [-0.25, -0.2) is 4.79 Å². The SMILES string of the molecule is CC(C)(C)OC(=O)Oc1ccc(NCC2CC2)c(Cl)c1. The van der Waals surface area contributed by atoms with Gasteiger partial charge in [0.15, 0.2) is 0 Å². The average molecular weight is 298 g/mol. The van der Waals surface area contributed by atoms with E-state index in [-0.39, 0.29) is 0 Å². The number of carbonyl (C=O) groups is 1. The lowest BCUT2D eigenvalue weighted by Gasteiger charge is -2.18. The number of nitrogens with one attached hydrogen (secondary N) is 1. The van der Waals surface area contributed by atoms with Gasteiger partial charge in [-0.1, -0.05) is 11.6 Å². The van der Waals surface area contributed by atoms with E-state index in [4.69, 9.17) is 21.1 Å². The van der Waals surface area contributed by atoms with Gasteiger partial charge < -0.3 is 14.8 Å². The monoisotopic (exact) mass is 297 g/mol. The molecule has 0 unspecified atom stereocenters. The number of anilines is 1. The Bertz CT molecular complexity index is 492. The van der Waals surface area contributed by atoms with Crippen molar-refractivity contribution in [3.05, 3.63) is 23.2 Å². The van der Waals surface area contributed by atoms with Crippen LogP contribution in [-0.2, 0) is 4.74 Å². The van der Waals surface area contributed by atoms with Gasteiger partial charge in [0.25, 0.3) is 0 Å². The average Bonchev–Trinajstić information content (AvgIpc) is 3.09. The van der Waals surface area contributed by atoms with Crippen LogP contribution in [0, 0.1) is 5.92 Å². The summed E-state index contributed by atoms with van der Waals surface area (Å²) in [5.74, 6) is 1.14. The Hall–Kier alpha value is -1.42. The van der Waals surface area contributed by atoms with Crippen LogP contribution in [0.5, 0.6) is 5.75 Å². The molecule has 1 fully saturated rings. The predicted octanol–water partition coefficient (Wildman–Crippen LogP) is 4.48. The number of halogens is 1. The Morgan fingerprint density at radius 2 is 2.10 bits per heavy atom. The predicted molar refractivity (Wildman–Crippen MR) is 79.5 cm³/mol. The first-order valence-corrected chi connectivity index (χ1v) is 7.15. The van der Waals surface area contributed by atoms with E-state index in [0.717, 1.165) is 18.2 Å². The maximum atomic E-state index is 11.5. The van der Waals surface area contributed by atoms with E-state index in [1.807, 2.05) is 6.07 Å². The van der Waals surface area contributed by atoms with Gasteiger partial charge in [0.1, 0.15) is 11.4 Å². The Balaban J connectivity index is 1.92. The van der Waals surface area contributed by atoms with Crippen LogP contribution >= 0.6 is 11.6 Å². The maximum absolute atomic E-state index is 11.5. The number of ether oxygens (including phenoxy) is 2. The van der Waals surface area contributed by atoms with Gasteiger partial charge in [-0.15, -0.1) is 0 Å². The van der Waals surface area contributed by atoms with Crippen LogP contribution in [0.1, 0.15) is 33.6 Å². The van der Waals surface area contributed by atoms with Gasteiger partial charge in [-0.3, -0.25) is 0 Å². The first-order chi connectivity index (χ1) is 9.33. The van der Waals surface area contributed by atoms with E-state index in [9.17, 15) is 4.79 Å². The lowest BCUT2D eigenvalue weighted by atomic mass is 10.2. The third-order valence-corrected chi connectivity index (χ3v) is 3.12. The molecule has 0 spiro atoms. The van der Waals surface area contributed by atoms with E-state index >= 15 is 0 Å². The summed E-state index contributed by atoms with van der Waals surface area (Å²) in [6.45, 7) is 6.29. The first kappa shape index (κ1) is 15.0. The highest BCUT2D eigenvalue weighted by Gasteiger charge is 2.21. The molecule has 0 amide bonds. The van der Waals surface area contributed by atoms with Gasteiger partial charge in [0.05, 0.1) is 10.7 Å². The van der Waals surface area contributed by atoms with E-state index in [1.165, 1.54) is 12.8 Å². The highest BCUT2D eigenvalue weighted by atomic mass is 35.5. The first-order valence-electron chi connectivity index (χ1n) is 6.78. The van der Waals surface area contributed by atoms with Crippen LogP contribution in [-0.4, -0.2) is 18.3 Å². The molecular formula is C15H20ClNO3. The number of carbonyl (C=O) groups excluding carboxylic acids is 1. The molecular weight excluding hydrogens is 278 g/mol. The molecule has 2 rings (SSSR count). The summed E-state index contributed by atoms with van der Waals surface area (Å²) in [4.78, 5) is 11.5. The largest absolute Gasteiger partial charge is 0.514 e. The summed E-state index contributed by atoms with van der Waals surface area (Å²) in [5, 5.41) is 3.82. The standard InChI is InChI=1S/C15H20ClNO3/c1-15(2,3)20-14(18)19-11-6-7-13(12(16)8-11)17-9-10-4-5-10/h6-8,10,17H,4-5,9H2,1-3H3. The zero-order valence-corrected chi connectivity index (χ0v) is 12.8. The highest BCUT2D eigenvalue weighted by molar-refractivity contribution is 6.33. The summed E-state index contributed by atoms with van der Waals surface area (Å²) < 4.78 is 10.2. The van der Waals surface area contributed by atoms with Crippen LogP contribution in [0.15, 0.2) is 18.2 Å². The molecule has 1 aliphatic rings. The lowest BCUT2D eigenvalue weighted by Crippen LogP contribution is -2.25. The number of hydrogen-bond donors (Lipinski definition) is 1. The molecule has 0 atom stereocenters. The molecule has 1 aromatic carbocycles. The Morgan fingerprint density at radius 1 is 1.40 bits per heavy atom. The van der Waals surface area contributed by atoms with E-state index < -0.39 is 11.8 Å². The maximum Gasteiger partial charge on any atom is 0.514 e. The van der Waals surface area contributed by atoms with Crippen molar-refractivity contribution in [1.29, 1.82) is 0 Å². The second kappa shape index (κ2) is 5.92. The van der Waals surface area contributed by atoms with Gasteiger partial charge in [-0.2, -0.15) is 0 Å². The summed E-state index contributed by atoms with van der Waals surface area (Å²) in [7, 11) is 0. The van der Waals surface area contributed by atoms with Crippen molar-refractivity contribution in [2.75, 3.05) is 11.9 Å². The van der Waals surface area contributed by atoms with E-state index in [0.29, 0.717) is 10.8 Å².